The van der Waals surface area contributed by atoms with Crippen molar-refractivity contribution in [1.82, 2.24) is 0 Å². The minimum absolute atomic E-state index is 0.211. The van der Waals surface area contributed by atoms with E-state index in [9.17, 15) is 9.50 Å². The number of unbranched alkanes of at least 4 members (excludes halogenated alkanes) is 6. The number of halogens is 1. The van der Waals surface area contributed by atoms with Crippen LogP contribution >= 0.6 is 11.3 Å². The average molecular weight is 308 g/mol. The van der Waals surface area contributed by atoms with Crippen LogP contribution in [0.4, 0.5) is 4.39 Å². The third kappa shape index (κ3) is 5.08. The Kier molecular flexibility index (Phi) is 6.65. The molecule has 1 aromatic heterocycles. The molecule has 0 aliphatic rings. The molecular formula is C18H25FOS. The molecule has 0 bridgehead atoms. The molecule has 1 heterocycles. The Morgan fingerprint density at radius 2 is 1.76 bits per heavy atom. The van der Waals surface area contributed by atoms with Crippen LogP contribution in [0.5, 0.6) is 0 Å². The largest absolute Gasteiger partial charge is 0.388 e. The fourth-order valence-corrected chi connectivity index (χ4v) is 3.74. The van der Waals surface area contributed by atoms with Gasteiger partial charge in [0.25, 0.3) is 0 Å². The number of thiophene rings is 1. The second kappa shape index (κ2) is 8.50. The van der Waals surface area contributed by atoms with E-state index in [1.165, 1.54) is 55.9 Å². The van der Waals surface area contributed by atoms with Crippen LogP contribution in [0.1, 0.15) is 69.3 Å². The molecule has 116 valence electrons. The number of benzene rings is 1. The summed E-state index contributed by atoms with van der Waals surface area (Å²) in [5.74, 6) is -0.211. The summed E-state index contributed by atoms with van der Waals surface area (Å²) in [6.07, 6.45) is 9.20. The topological polar surface area (TPSA) is 20.2 Å². The van der Waals surface area contributed by atoms with Gasteiger partial charge in [-0.25, -0.2) is 4.39 Å². The minimum atomic E-state index is -0.402. The summed E-state index contributed by atoms with van der Waals surface area (Å²) in [6.45, 7) is 2.23. The highest BCUT2D eigenvalue weighted by atomic mass is 32.1. The van der Waals surface area contributed by atoms with E-state index in [0.717, 1.165) is 27.8 Å². The summed E-state index contributed by atoms with van der Waals surface area (Å²) in [7, 11) is 0. The van der Waals surface area contributed by atoms with E-state index in [0.29, 0.717) is 0 Å². The van der Waals surface area contributed by atoms with Gasteiger partial charge in [0.15, 0.2) is 0 Å². The third-order valence-corrected chi connectivity index (χ3v) is 5.11. The maximum Gasteiger partial charge on any atom is 0.124 e. The van der Waals surface area contributed by atoms with E-state index in [1.54, 1.807) is 12.1 Å². The van der Waals surface area contributed by atoms with Crippen molar-refractivity contribution >= 4 is 21.4 Å². The highest BCUT2D eigenvalue weighted by Gasteiger charge is 2.11. The summed E-state index contributed by atoms with van der Waals surface area (Å²) in [5, 5.41) is 11.3. The molecule has 1 nitrogen and oxygen atoms in total. The summed E-state index contributed by atoms with van der Waals surface area (Å²) in [5.41, 5.74) is 0. The fourth-order valence-electron chi connectivity index (χ4n) is 2.63. The van der Waals surface area contributed by atoms with Gasteiger partial charge in [0.2, 0.25) is 0 Å². The molecule has 0 amide bonds. The number of aliphatic hydroxyl groups is 1. The molecule has 1 atom stereocenters. The predicted molar refractivity (Wildman–Crippen MR) is 89.4 cm³/mol. The van der Waals surface area contributed by atoms with Crippen molar-refractivity contribution in [2.45, 2.75) is 64.4 Å². The SMILES string of the molecule is CCCCCCCCCC(O)c1cc2ccc(F)cc2s1. The van der Waals surface area contributed by atoms with Crippen molar-refractivity contribution in [2.75, 3.05) is 0 Å². The second-order valence-electron chi connectivity index (χ2n) is 5.76. The Bertz CT molecular complexity index is 549. The van der Waals surface area contributed by atoms with Crippen molar-refractivity contribution < 1.29 is 9.50 Å². The lowest BCUT2D eigenvalue weighted by molar-refractivity contribution is 0.167. The van der Waals surface area contributed by atoms with E-state index < -0.39 is 6.10 Å². The van der Waals surface area contributed by atoms with Gasteiger partial charge in [-0.2, -0.15) is 0 Å². The molecule has 0 fully saturated rings. The maximum absolute atomic E-state index is 13.2. The van der Waals surface area contributed by atoms with Gasteiger partial charge in [-0.1, -0.05) is 57.9 Å². The standard InChI is InChI=1S/C18H25FOS/c1-2-3-4-5-6-7-8-9-16(20)18-12-14-10-11-15(19)13-17(14)21-18/h10-13,16,20H,2-9H2,1H3. The Hall–Kier alpha value is -0.930. The van der Waals surface area contributed by atoms with Crippen LogP contribution in [0, 0.1) is 5.82 Å². The van der Waals surface area contributed by atoms with Crippen LogP contribution in [0.15, 0.2) is 24.3 Å². The van der Waals surface area contributed by atoms with Crippen molar-refractivity contribution in [2.24, 2.45) is 0 Å². The first-order valence-electron chi connectivity index (χ1n) is 8.07. The van der Waals surface area contributed by atoms with Gasteiger partial charge < -0.3 is 5.11 Å². The smallest absolute Gasteiger partial charge is 0.124 e. The molecule has 1 N–H and O–H groups in total. The maximum atomic E-state index is 13.2. The van der Waals surface area contributed by atoms with Crippen LogP contribution in [-0.2, 0) is 0 Å². The van der Waals surface area contributed by atoms with E-state index in [4.69, 9.17) is 0 Å². The number of hydrogen-bond donors (Lipinski definition) is 1. The van der Waals surface area contributed by atoms with Crippen LogP contribution < -0.4 is 0 Å². The average Bonchev–Trinajstić information content (AvgIpc) is 2.89. The molecule has 2 rings (SSSR count). The summed E-state index contributed by atoms with van der Waals surface area (Å²) >= 11 is 1.50. The number of rotatable bonds is 9. The molecular weight excluding hydrogens is 283 g/mol. The van der Waals surface area contributed by atoms with Crippen molar-refractivity contribution in [3.63, 3.8) is 0 Å². The van der Waals surface area contributed by atoms with Crippen LogP contribution in [0.3, 0.4) is 0 Å². The molecule has 3 heteroatoms. The lowest BCUT2D eigenvalue weighted by Crippen LogP contribution is -1.94. The zero-order valence-corrected chi connectivity index (χ0v) is 13.6. The van der Waals surface area contributed by atoms with Crippen molar-refractivity contribution in [3.05, 3.63) is 35.0 Å². The molecule has 0 aliphatic heterocycles. The van der Waals surface area contributed by atoms with Crippen LogP contribution in [0.25, 0.3) is 10.1 Å². The Balaban J connectivity index is 1.75. The van der Waals surface area contributed by atoms with Crippen LogP contribution in [0.2, 0.25) is 0 Å². The lowest BCUT2D eigenvalue weighted by Gasteiger charge is -2.07. The third-order valence-electron chi connectivity index (χ3n) is 3.91. The molecule has 0 radical (unpaired) electrons. The molecule has 21 heavy (non-hydrogen) atoms. The first-order chi connectivity index (χ1) is 10.2. The van der Waals surface area contributed by atoms with Gasteiger partial charge in [0, 0.05) is 9.58 Å². The summed E-state index contributed by atoms with van der Waals surface area (Å²) in [6, 6.07) is 6.79. The van der Waals surface area contributed by atoms with E-state index in [1.807, 2.05) is 6.07 Å². The van der Waals surface area contributed by atoms with Gasteiger partial charge in [0.05, 0.1) is 6.10 Å². The van der Waals surface area contributed by atoms with Gasteiger partial charge in [-0.15, -0.1) is 11.3 Å². The number of hydrogen-bond acceptors (Lipinski definition) is 2. The summed E-state index contributed by atoms with van der Waals surface area (Å²) in [4.78, 5) is 0.960. The highest BCUT2D eigenvalue weighted by Crippen LogP contribution is 2.32. The number of aliphatic hydroxyl groups excluding tert-OH is 1. The molecule has 1 unspecified atom stereocenters. The van der Waals surface area contributed by atoms with E-state index in [-0.39, 0.29) is 5.82 Å². The van der Waals surface area contributed by atoms with Gasteiger partial charge in [-0.3, -0.25) is 0 Å². The lowest BCUT2D eigenvalue weighted by atomic mass is 10.1. The first kappa shape index (κ1) is 16.4. The zero-order valence-electron chi connectivity index (χ0n) is 12.8. The van der Waals surface area contributed by atoms with E-state index in [2.05, 4.69) is 6.92 Å². The molecule has 1 aromatic carbocycles. The highest BCUT2D eigenvalue weighted by molar-refractivity contribution is 7.19. The number of fused-ring (bicyclic) bond motifs is 1. The van der Waals surface area contributed by atoms with Gasteiger partial charge in [-0.05, 0) is 30.0 Å². The predicted octanol–water partition coefficient (Wildman–Crippen LogP) is 6.21. The first-order valence-corrected chi connectivity index (χ1v) is 8.89. The van der Waals surface area contributed by atoms with Gasteiger partial charge in [0.1, 0.15) is 5.82 Å². The molecule has 0 spiro atoms. The summed E-state index contributed by atoms with van der Waals surface area (Å²) < 4.78 is 14.1. The molecule has 2 aromatic rings. The quantitative estimate of drug-likeness (QED) is 0.546. The van der Waals surface area contributed by atoms with Gasteiger partial charge >= 0.3 is 0 Å². The Morgan fingerprint density at radius 3 is 2.52 bits per heavy atom. The van der Waals surface area contributed by atoms with Crippen LogP contribution in [-0.4, -0.2) is 5.11 Å². The Morgan fingerprint density at radius 1 is 1.05 bits per heavy atom. The molecule has 0 aliphatic carbocycles. The monoisotopic (exact) mass is 308 g/mol. The fraction of sp³-hybridized carbons (Fsp3) is 0.556. The molecule has 0 saturated carbocycles. The Labute approximate surface area is 130 Å². The van der Waals surface area contributed by atoms with Crippen molar-refractivity contribution in [1.29, 1.82) is 0 Å². The zero-order chi connectivity index (χ0) is 15.1. The second-order valence-corrected chi connectivity index (χ2v) is 6.87. The van der Waals surface area contributed by atoms with E-state index >= 15 is 0 Å². The van der Waals surface area contributed by atoms with Crippen molar-refractivity contribution in [3.8, 4) is 0 Å². The normalized spacial score (nSPS) is 12.9. The minimum Gasteiger partial charge on any atom is -0.388 e. The molecule has 0 saturated heterocycles.